The second-order valence-electron chi connectivity index (χ2n) is 5.45. The van der Waals surface area contributed by atoms with E-state index < -0.39 is 5.97 Å². The van der Waals surface area contributed by atoms with Gasteiger partial charge in [-0.15, -0.1) is 0 Å². The van der Waals surface area contributed by atoms with Gasteiger partial charge in [0.05, 0.1) is 17.2 Å². The van der Waals surface area contributed by atoms with Crippen molar-refractivity contribution in [1.82, 2.24) is 5.16 Å². The standard InChI is InChI=1S/C19H14Cl2N2O4/c1-2-26-19(25)16-10-17(27-23-16)11-3-6-13(7-4-11)22-18(24)14-8-5-12(20)9-15(14)21/h3-10H,2H2,1H3,(H,22,24). The van der Waals surface area contributed by atoms with Gasteiger partial charge in [-0.1, -0.05) is 28.4 Å². The van der Waals surface area contributed by atoms with Crippen LogP contribution in [0.5, 0.6) is 0 Å². The van der Waals surface area contributed by atoms with Crippen molar-refractivity contribution in [1.29, 1.82) is 0 Å². The molecule has 0 atom stereocenters. The first-order valence-corrected chi connectivity index (χ1v) is 8.74. The number of anilines is 1. The lowest BCUT2D eigenvalue weighted by Crippen LogP contribution is -2.12. The van der Waals surface area contributed by atoms with Gasteiger partial charge in [0.15, 0.2) is 11.5 Å². The van der Waals surface area contributed by atoms with Crippen LogP contribution >= 0.6 is 23.2 Å². The Morgan fingerprint density at radius 3 is 2.52 bits per heavy atom. The molecule has 0 aliphatic carbocycles. The summed E-state index contributed by atoms with van der Waals surface area (Å²) in [6.07, 6.45) is 0. The van der Waals surface area contributed by atoms with E-state index >= 15 is 0 Å². The molecule has 8 heteroatoms. The van der Waals surface area contributed by atoms with Gasteiger partial charge in [0.25, 0.3) is 5.91 Å². The maximum absolute atomic E-state index is 12.3. The van der Waals surface area contributed by atoms with Gasteiger partial charge in [0, 0.05) is 22.3 Å². The molecule has 1 amide bonds. The number of rotatable bonds is 5. The van der Waals surface area contributed by atoms with Crippen molar-refractivity contribution in [3.63, 3.8) is 0 Å². The van der Waals surface area contributed by atoms with Crippen LogP contribution in [-0.4, -0.2) is 23.6 Å². The first-order valence-electron chi connectivity index (χ1n) is 7.98. The second kappa shape index (κ2) is 8.24. The zero-order valence-electron chi connectivity index (χ0n) is 14.2. The number of benzene rings is 2. The average molecular weight is 405 g/mol. The van der Waals surface area contributed by atoms with Crippen LogP contribution in [0.2, 0.25) is 10.0 Å². The highest BCUT2D eigenvalue weighted by Crippen LogP contribution is 2.25. The second-order valence-corrected chi connectivity index (χ2v) is 6.30. The van der Waals surface area contributed by atoms with Crippen LogP contribution in [0.3, 0.4) is 0 Å². The molecule has 3 rings (SSSR count). The third-order valence-corrected chi connectivity index (χ3v) is 4.15. The maximum Gasteiger partial charge on any atom is 0.360 e. The molecule has 0 spiro atoms. The molecule has 0 saturated heterocycles. The SMILES string of the molecule is CCOC(=O)c1cc(-c2ccc(NC(=O)c3ccc(Cl)cc3Cl)cc2)on1. The number of carbonyl (C=O) groups is 2. The van der Waals surface area contributed by atoms with E-state index in [1.165, 1.54) is 12.1 Å². The van der Waals surface area contributed by atoms with Crippen molar-refractivity contribution in [2.45, 2.75) is 6.92 Å². The van der Waals surface area contributed by atoms with Gasteiger partial charge in [-0.05, 0) is 49.4 Å². The van der Waals surface area contributed by atoms with E-state index in [-0.39, 0.29) is 23.2 Å². The van der Waals surface area contributed by atoms with Crippen LogP contribution in [0, 0.1) is 0 Å². The minimum absolute atomic E-state index is 0.0987. The fraction of sp³-hybridized carbons (Fsp3) is 0.105. The Labute approximate surface area is 165 Å². The van der Waals surface area contributed by atoms with Gasteiger partial charge in [-0.2, -0.15) is 0 Å². The smallest absolute Gasteiger partial charge is 0.360 e. The average Bonchev–Trinajstić information content (AvgIpc) is 3.12. The summed E-state index contributed by atoms with van der Waals surface area (Å²) >= 11 is 11.9. The van der Waals surface area contributed by atoms with Crippen molar-refractivity contribution in [3.05, 3.63) is 69.8 Å². The normalized spacial score (nSPS) is 10.5. The Balaban J connectivity index is 1.72. The van der Waals surface area contributed by atoms with Crippen molar-refractivity contribution in [2.24, 2.45) is 0 Å². The van der Waals surface area contributed by atoms with Gasteiger partial charge >= 0.3 is 5.97 Å². The zero-order chi connectivity index (χ0) is 19.4. The molecule has 0 radical (unpaired) electrons. The van der Waals surface area contributed by atoms with Crippen molar-refractivity contribution < 1.29 is 18.8 Å². The molecular formula is C19H14Cl2N2O4. The Morgan fingerprint density at radius 2 is 1.85 bits per heavy atom. The fourth-order valence-corrected chi connectivity index (χ4v) is 2.80. The molecule has 0 aliphatic rings. The number of esters is 1. The van der Waals surface area contributed by atoms with E-state index in [9.17, 15) is 9.59 Å². The van der Waals surface area contributed by atoms with Crippen LogP contribution in [0.1, 0.15) is 27.8 Å². The summed E-state index contributed by atoms with van der Waals surface area (Å²) in [5.74, 6) is -0.485. The minimum atomic E-state index is -0.545. The molecule has 0 saturated carbocycles. The summed E-state index contributed by atoms with van der Waals surface area (Å²) in [5, 5.41) is 7.17. The molecule has 0 fully saturated rings. The van der Waals surface area contributed by atoms with Crippen molar-refractivity contribution in [2.75, 3.05) is 11.9 Å². The Morgan fingerprint density at radius 1 is 1.11 bits per heavy atom. The van der Waals surface area contributed by atoms with Crippen molar-refractivity contribution in [3.8, 4) is 11.3 Å². The summed E-state index contributed by atoms with van der Waals surface area (Å²) in [4.78, 5) is 24.0. The first kappa shape index (κ1) is 18.9. The number of carbonyl (C=O) groups excluding carboxylic acids is 2. The number of amides is 1. The molecule has 0 bridgehead atoms. The lowest BCUT2D eigenvalue weighted by atomic mass is 10.1. The van der Waals surface area contributed by atoms with E-state index in [1.54, 1.807) is 43.3 Å². The van der Waals surface area contributed by atoms with Crippen LogP contribution in [0.25, 0.3) is 11.3 Å². The van der Waals surface area contributed by atoms with Gasteiger partial charge in [0.1, 0.15) is 0 Å². The highest BCUT2D eigenvalue weighted by molar-refractivity contribution is 6.37. The molecular weight excluding hydrogens is 391 g/mol. The van der Waals surface area contributed by atoms with Gasteiger partial charge in [0.2, 0.25) is 0 Å². The lowest BCUT2D eigenvalue weighted by Gasteiger charge is -2.07. The largest absolute Gasteiger partial charge is 0.461 e. The number of nitrogens with zero attached hydrogens (tertiary/aromatic N) is 1. The predicted octanol–water partition coefficient (Wildman–Crippen LogP) is 5.08. The van der Waals surface area contributed by atoms with E-state index in [0.717, 1.165) is 0 Å². The molecule has 1 heterocycles. The number of aromatic nitrogens is 1. The van der Waals surface area contributed by atoms with Gasteiger partial charge < -0.3 is 14.6 Å². The summed E-state index contributed by atoms with van der Waals surface area (Å²) < 4.78 is 10.0. The molecule has 1 N–H and O–H groups in total. The number of ether oxygens (including phenoxy) is 1. The molecule has 6 nitrogen and oxygen atoms in total. The van der Waals surface area contributed by atoms with E-state index in [0.29, 0.717) is 27.6 Å². The molecule has 2 aromatic carbocycles. The van der Waals surface area contributed by atoms with Crippen molar-refractivity contribution >= 4 is 40.8 Å². The molecule has 3 aromatic rings. The number of hydrogen-bond donors (Lipinski definition) is 1. The Hall–Kier alpha value is -2.83. The summed E-state index contributed by atoms with van der Waals surface area (Å²) in [7, 11) is 0. The number of hydrogen-bond acceptors (Lipinski definition) is 5. The number of nitrogens with one attached hydrogen (secondary N) is 1. The van der Waals surface area contributed by atoms with Gasteiger partial charge in [-0.3, -0.25) is 4.79 Å². The summed E-state index contributed by atoms with van der Waals surface area (Å²) in [5.41, 5.74) is 1.68. The fourth-order valence-electron chi connectivity index (χ4n) is 2.30. The molecule has 27 heavy (non-hydrogen) atoms. The first-order chi connectivity index (χ1) is 13.0. The highest BCUT2D eigenvalue weighted by atomic mass is 35.5. The topological polar surface area (TPSA) is 81.4 Å². The lowest BCUT2D eigenvalue weighted by molar-refractivity contribution is 0.0514. The Kier molecular flexibility index (Phi) is 5.78. The minimum Gasteiger partial charge on any atom is -0.461 e. The van der Waals surface area contributed by atoms with E-state index in [1.807, 2.05) is 0 Å². The van der Waals surface area contributed by atoms with E-state index in [2.05, 4.69) is 10.5 Å². The molecule has 0 unspecified atom stereocenters. The summed E-state index contributed by atoms with van der Waals surface area (Å²) in [6.45, 7) is 1.97. The third-order valence-electron chi connectivity index (χ3n) is 3.60. The van der Waals surface area contributed by atoms with Crippen LogP contribution in [-0.2, 0) is 4.74 Å². The summed E-state index contributed by atoms with van der Waals surface area (Å²) in [6, 6.07) is 13.0. The molecule has 138 valence electrons. The maximum atomic E-state index is 12.3. The van der Waals surface area contributed by atoms with Crippen LogP contribution < -0.4 is 5.32 Å². The number of halogens is 2. The highest BCUT2D eigenvalue weighted by Gasteiger charge is 2.15. The zero-order valence-corrected chi connectivity index (χ0v) is 15.7. The van der Waals surface area contributed by atoms with E-state index in [4.69, 9.17) is 32.5 Å². The Bertz CT molecular complexity index is 984. The third kappa shape index (κ3) is 4.48. The monoisotopic (exact) mass is 404 g/mol. The van der Waals surface area contributed by atoms with Crippen LogP contribution in [0.15, 0.2) is 53.1 Å². The predicted molar refractivity (Wildman–Crippen MR) is 102 cm³/mol. The molecule has 0 aliphatic heterocycles. The van der Waals surface area contributed by atoms with Gasteiger partial charge in [-0.25, -0.2) is 4.79 Å². The van der Waals surface area contributed by atoms with Crippen LogP contribution in [0.4, 0.5) is 5.69 Å². The molecule has 1 aromatic heterocycles. The quantitative estimate of drug-likeness (QED) is 0.599.